The van der Waals surface area contributed by atoms with Gasteiger partial charge in [0, 0.05) is 18.0 Å². The van der Waals surface area contributed by atoms with E-state index in [1.165, 1.54) is 9.20 Å². The maximum absolute atomic E-state index is 12.3. The first-order valence-corrected chi connectivity index (χ1v) is 5.70. The van der Waals surface area contributed by atoms with E-state index in [0.717, 1.165) is 0 Å². The van der Waals surface area contributed by atoms with E-state index in [1.807, 2.05) is 6.07 Å². The summed E-state index contributed by atoms with van der Waals surface area (Å²) in [6.07, 6.45) is 3.31. The molecule has 1 aromatic carbocycles. The standard InChI is InChI=1S/C12H8N4OS/c17-10(9-5-2-1-3-6-9)16-12(18)14-11-13-7-4-8-15(11)16/h1-8H. The molecule has 0 aliphatic carbocycles. The Morgan fingerprint density at radius 3 is 2.72 bits per heavy atom. The second-order valence-corrected chi connectivity index (χ2v) is 4.01. The van der Waals surface area contributed by atoms with Crippen LogP contribution in [0.25, 0.3) is 5.78 Å². The molecule has 0 fully saturated rings. The Morgan fingerprint density at radius 2 is 1.94 bits per heavy atom. The Kier molecular flexibility index (Phi) is 2.49. The van der Waals surface area contributed by atoms with Crippen LogP contribution in [0.2, 0.25) is 0 Å². The largest absolute Gasteiger partial charge is 0.279 e. The van der Waals surface area contributed by atoms with E-state index in [4.69, 9.17) is 12.2 Å². The lowest BCUT2D eigenvalue weighted by atomic mass is 10.2. The highest BCUT2D eigenvalue weighted by Crippen LogP contribution is 2.05. The zero-order valence-electron chi connectivity index (χ0n) is 9.22. The summed E-state index contributed by atoms with van der Waals surface area (Å²) in [6.45, 7) is 0. The number of carbonyl (C=O) groups is 1. The molecule has 0 atom stereocenters. The fraction of sp³-hybridized carbons (Fsp3) is 0. The van der Waals surface area contributed by atoms with E-state index in [2.05, 4.69) is 9.97 Å². The van der Waals surface area contributed by atoms with Crippen LogP contribution >= 0.6 is 12.2 Å². The molecule has 2 heterocycles. The second-order valence-electron chi connectivity index (χ2n) is 3.64. The molecule has 3 rings (SSSR count). The van der Waals surface area contributed by atoms with Crippen LogP contribution < -0.4 is 0 Å². The molecule has 6 heteroatoms. The van der Waals surface area contributed by atoms with Crippen LogP contribution in [0.1, 0.15) is 10.4 Å². The number of carbonyl (C=O) groups excluding carboxylic acids is 1. The minimum absolute atomic E-state index is 0.197. The van der Waals surface area contributed by atoms with Crippen LogP contribution in [-0.4, -0.2) is 25.1 Å². The number of hydrogen-bond acceptors (Lipinski definition) is 4. The first-order chi connectivity index (χ1) is 8.77. The van der Waals surface area contributed by atoms with E-state index in [0.29, 0.717) is 11.3 Å². The summed E-state index contributed by atoms with van der Waals surface area (Å²) in [6, 6.07) is 10.7. The normalized spacial score (nSPS) is 10.7. The highest BCUT2D eigenvalue weighted by molar-refractivity contribution is 7.71. The van der Waals surface area contributed by atoms with Gasteiger partial charge in [0.05, 0.1) is 0 Å². The molecule has 0 radical (unpaired) electrons. The first-order valence-electron chi connectivity index (χ1n) is 5.29. The lowest BCUT2D eigenvalue weighted by molar-refractivity contribution is 0.0938. The summed E-state index contributed by atoms with van der Waals surface area (Å²) in [5.74, 6) is 0.188. The third-order valence-corrected chi connectivity index (χ3v) is 2.78. The molecule has 0 bridgehead atoms. The van der Waals surface area contributed by atoms with Crippen molar-refractivity contribution in [2.45, 2.75) is 0 Å². The van der Waals surface area contributed by atoms with Crippen LogP contribution in [0.3, 0.4) is 0 Å². The van der Waals surface area contributed by atoms with Crippen molar-refractivity contribution in [3.63, 3.8) is 0 Å². The van der Waals surface area contributed by atoms with Crippen molar-refractivity contribution in [3.8, 4) is 0 Å². The number of fused-ring (bicyclic) bond motifs is 1. The molecule has 0 aliphatic rings. The molecule has 0 saturated carbocycles. The molecule has 0 N–H and O–H groups in total. The summed E-state index contributed by atoms with van der Waals surface area (Å²) in [5.41, 5.74) is 0.555. The molecule has 0 aliphatic heterocycles. The number of nitrogens with zero attached hydrogens (tertiary/aromatic N) is 4. The molecule has 5 nitrogen and oxygen atoms in total. The van der Waals surface area contributed by atoms with Gasteiger partial charge in [-0.3, -0.25) is 4.79 Å². The molecule has 0 unspecified atom stereocenters. The Balaban J connectivity index is 2.24. The Morgan fingerprint density at radius 1 is 1.17 bits per heavy atom. The van der Waals surface area contributed by atoms with Crippen molar-refractivity contribution in [2.75, 3.05) is 0 Å². The van der Waals surface area contributed by atoms with Crippen molar-refractivity contribution in [1.29, 1.82) is 0 Å². The molecule has 3 aromatic rings. The van der Waals surface area contributed by atoms with Crippen molar-refractivity contribution in [1.82, 2.24) is 19.2 Å². The lowest BCUT2D eigenvalue weighted by Gasteiger charge is -2.03. The average Bonchev–Trinajstić information content (AvgIpc) is 2.75. The molecule has 18 heavy (non-hydrogen) atoms. The third-order valence-electron chi connectivity index (χ3n) is 2.51. The third kappa shape index (κ3) is 1.63. The van der Waals surface area contributed by atoms with Crippen LogP contribution in [0, 0.1) is 4.77 Å². The molecule has 88 valence electrons. The van der Waals surface area contributed by atoms with E-state index in [1.54, 1.807) is 42.7 Å². The van der Waals surface area contributed by atoms with Gasteiger partial charge in [-0.1, -0.05) is 18.2 Å². The Bertz CT molecular complexity index is 775. The maximum Gasteiger partial charge on any atom is 0.279 e. The zero-order chi connectivity index (χ0) is 12.5. The van der Waals surface area contributed by atoms with Gasteiger partial charge >= 0.3 is 0 Å². The predicted molar refractivity (Wildman–Crippen MR) is 68.0 cm³/mol. The van der Waals surface area contributed by atoms with Gasteiger partial charge in [-0.15, -0.1) is 0 Å². The smallest absolute Gasteiger partial charge is 0.267 e. The summed E-state index contributed by atoms with van der Waals surface area (Å²) in [4.78, 5) is 20.5. The second kappa shape index (κ2) is 4.15. The lowest BCUT2D eigenvalue weighted by Crippen LogP contribution is -2.17. The molecular formula is C12H8N4OS. The highest BCUT2D eigenvalue weighted by Gasteiger charge is 2.13. The van der Waals surface area contributed by atoms with Crippen LogP contribution in [0.4, 0.5) is 0 Å². The Hall–Kier alpha value is -2.34. The highest BCUT2D eigenvalue weighted by atomic mass is 32.1. The van der Waals surface area contributed by atoms with Gasteiger partial charge in [0.25, 0.3) is 11.7 Å². The van der Waals surface area contributed by atoms with Crippen LogP contribution in [0.15, 0.2) is 48.8 Å². The quantitative estimate of drug-likeness (QED) is 0.624. The van der Waals surface area contributed by atoms with Crippen molar-refractivity contribution in [2.24, 2.45) is 0 Å². The van der Waals surface area contributed by atoms with Crippen LogP contribution in [0.5, 0.6) is 0 Å². The van der Waals surface area contributed by atoms with Gasteiger partial charge in [0.2, 0.25) is 4.77 Å². The van der Waals surface area contributed by atoms with E-state index >= 15 is 0 Å². The Labute approximate surface area is 107 Å². The number of benzene rings is 1. The monoisotopic (exact) mass is 256 g/mol. The van der Waals surface area contributed by atoms with Gasteiger partial charge in [-0.05, 0) is 30.4 Å². The minimum atomic E-state index is -0.221. The number of rotatable bonds is 1. The molecule has 0 spiro atoms. The van der Waals surface area contributed by atoms with E-state index < -0.39 is 0 Å². The zero-order valence-corrected chi connectivity index (χ0v) is 10.0. The van der Waals surface area contributed by atoms with Gasteiger partial charge in [0.1, 0.15) is 0 Å². The fourth-order valence-electron chi connectivity index (χ4n) is 1.70. The van der Waals surface area contributed by atoms with E-state index in [-0.39, 0.29) is 10.7 Å². The van der Waals surface area contributed by atoms with Gasteiger partial charge in [-0.25, -0.2) is 9.50 Å². The molecule has 0 saturated heterocycles. The summed E-state index contributed by atoms with van der Waals surface area (Å²) in [5, 5.41) is 0. The van der Waals surface area contributed by atoms with Gasteiger partial charge in [0.15, 0.2) is 0 Å². The topological polar surface area (TPSA) is 52.2 Å². The SMILES string of the molecule is O=C(c1ccccc1)n1c(=S)nc2ncccn21. The molecular weight excluding hydrogens is 248 g/mol. The van der Waals surface area contributed by atoms with Crippen molar-refractivity contribution in [3.05, 3.63) is 59.1 Å². The summed E-state index contributed by atoms with van der Waals surface area (Å²) < 4.78 is 3.06. The maximum atomic E-state index is 12.3. The van der Waals surface area contributed by atoms with Crippen LogP contribution in [-0.2, 0) is 0 Å². The predicted octanol–water partition coefficient (Wildman–Crippen LogP) is 1.95. The molecule has 0 amide bonds. The number of hydrogen-bond donors (Lipinski definition) is 0. The molecule has 2 aromatic heterocycles. The number of aromatic nitrogens is 4. The minimum Gasteiger partial charge on any atom is -0.267 e. The summed E-state index contributed by atoms with van der Waals surface area (Å²) >= 11 is 5.10. The van der Waals surface area contributed by atoms with E-state index in [9.17, 15) is 4.79 Å². The fourth-order valence-corrected chi connectivity index (χ4v) is 1.96. The first kappa shape index (κ1) is 10.8. The average molecular weight is 256 g/mol. The van der Waals surface area contributed by atoms with Crippen molar-refractivity contribution < 1.29 is 4.79 Å². The van der Waals surface area contributed by atoms with Gasteiger partial charge in [-0.2, -0.15) is 9.67 Å². The van der Waals surface area contributed by atoms with Gasteiger partial charge < -0.3 is 0 Å². The van der Waals surface area contributed by atoms with Crippen molar-refractivity contribution >= 4 is 23.9 Å². The summed E-state index contributed by atoms with van der Waals surface area (Å²) in [7, 11) is 0.